The van der Waals surface area contributed by atoms with Gasteiger partial charge in [0.25, 0.3) is 0 Å². The lowest BCUT2D eigenvalue weighted by molar-refractivity contribution is 0.213. The van der Waals surface area contributed by atoms with Gasteiger partial charge in [0, 0.05) is 19.2 Å². The fourth-order valence-electron chi connectivity index (χ4n) is 2.34. The molecule has 0 aliphatic heterocycles. The molecule has 20 heavy (non-hydrogen) atoms. The summed E-state index contributed by atoms with van der Waals surface area (Å²) in [5, 5.41) is 10.8. The molecule has 0 fully saturated rings. The molecule has 2 aromatic carbocycles. The first-order chi connectivity index (χ1) is 9.43. The molecule has 2 rings (SSSR count). The SMILES string of the molecule is COc1cc(C)cc(C)c1C(O)c1cc(I)ccc1Br. The van der Waals surface area contributed by atoms with Crippen molar-refractivity contribution in [3.8, 4) is 5.75 Å². The molecule has 0 saturated carbocycles. The van der Waals surface area contributed by atoms with Crippen LogP contribution in [0.1, 0.15) is 28.4 Å². The van der Waals surface area contributed by atoms with Crippen LogP contribution in [0.25, 0.3) is 0 Å². The van der Waals surface area contributed by atoms with Crippen LogP contribution in [-0.2, 0) is 0 Å². The van der Waals surface area contributed by atoms with E-state index in [9.17, 15) is 5.11 Å². The largest absolute Gasteiger partial charge is 0.496 e. The van der Waals surface area contributed by atoms with E-state index in [1.165, 1.54) is 0 Å². The molecule has 0 spiro atoms. The summed E-state index contributed by atoms with van der Waals surface area (Å²) in [7, 11) is 1.63. The third kappa shape index (κ3) is 3.18. The Morgan fingerprint density at radius 1 is 1.20 bits per heavy atom. The molecule has 0 saturated heterocycles. The van der Waals surface area contributed by atoms with Crippen LogP contribution in [0.5, 0.6) is 5.75 Å². The predicted octanol–water partition coefficient (Wildman–Crippen LogP) is 4.76. The van der Waals surface area contributed by atoms with Gasteiger partial charge in [-0.3, -0.25) is 0 Å². The highest BCUT2D eigenvalue weighted by atomic mass is 127. The van der Waals surface area contributed by atoms with E-state index in [0.717, 1.165) is 36.0 Å². The maximum Gasteiger partial charge on any atom is 0.125 e. The fourth-order valence-corrected chi connectivity index (χ4v) is 3.32. The van der Waals surface area contributed by atoms with Gasteiger partial charge in [0.2, 0.25) is 0 Å². The summed E-state index contributed by atoms with van der Waals surface area (Å²) in [4.78, 5) is 0. The minimum absolute atomic E-state index is 0.713. The number of benzene rings is 2. The lowest BCUT2D eigenvalue weighted by Gasteiger charge is -2.20. The van der Waals surface area contributed by atoms with Crippen LogP contribution in [0.4, 0.5) is 0 Å². The molecule has 0 aliphatic rings. The molecule has 0 heterocycles. The normalized spacial score (nSPS) is 12.3. The van der Waals surface area contributed by atoms with Crippen molar-refractivity contribution >= 4 is 38.5 Å². The van der Waals surface area contributed by atoms with Gasteiger partial charge in [-0.1, -0.05) is 22.0 Å². The smallest absolute Gasteiger partial charge is 0.125 e. The van der Waals surface area contributed by atoms with Crippen LogP contribution in [0.15, 0.2) is 34.8 Å². The predicted molar refractivity (Wildman–Crippen MR) is 93.4 cm³/mol. The molecule has 2 aromatic rings. The van der Waals surface area contributed by atoms with Gasteiger partial charge in [-0.25, -0.2) is 0 Å². The highest BCUT2D eigenvalue weighted by Gasteiger charge is 2.20. The average molecular weight is 447 g/mol. The third-order valence-corrected chi connectivity index (χ3v) is 4.63. The first-order valence-electron chi connectivity index (χ1n) is 6.22. The Balaban J connectivity index is 2.58. The number of aryl methyl sites for hydroxylation is 2. The molecule has 2 nitrogen and oxygen atoms in total. The maximum atomic E-state index is 10.8. The Morgan fingerprint density at radius 2 is 1.90 bits per heavy atom. The molecule has 0 bridgehead atoms. The van der Waals surface area contributed by atoms with Crippen LogP contribution in [0.3, 0.4) is 0 Å². The van der Waals surface area contributed by atoms with E-state index in [-0.39, 0.29) is 0 Å². The van der Waals surface area contributed by atoms with Crippen LogP contribution in [-0.4, -0.2) is 12.2 Å². The Morgan fingerprint density at radius 3 is 2.55 bits per heavy atom. The average Bonchev–Trinajstić information content (AvgIpc) is 2.40. The molecule has 1 atom stereocenters. The van der Waals surface area contributed by atoms with E-state index in [2.05, 4.69) is 44.6 Å². The van der Waals surface area contributed by atoms with Crippen molar-refractivity contribution in [2.45, 2.75) is 20.0 Å². The fraction of sp³-hybridized carbons (Fsp3) is 0.250. The van der Waals surface area contributed by atoms with Gasteiger partial charge in [0.1, 0.15) is 11.9 Å². The number of aliphatic hydroxyl groups is 1. The molecule has 0 radical (unpaired) electrons. The summed E-state index contributed by atoms with van der Waals surface area (Å²) in [6.45, 7) is 4.02. The highest BCUT2D eigenvalue weighted by molar-refractivity contribution is 14.1. The zero-order valence-corrected chi connectivity index (χ0v) is 15.3. The van der Waals surface area contributed by atoms with Crippen molar-refractivity contribution in [3.05, 3.63) is 60.6 Å². The first kappa shape index (κ1) is 15.8. The Kier molecular flexibility index (Phi) is 5.09. The monoisotopic (exact) mass is 446 g/mol. The second kappa shape index (κ2) is 6.45. The molecular formula is C16H16BrIO2. The lowest BCUT2D eigenvalue weighted by Crippen LogP contribution is -2.06. The van der Waals surface area contributed by atoms with E-state index < -0.39 is 6.10 Å². The Hall–Kier alpha value is -0.590. The molecule has 106 valence electrons. The lowest BCUT2D eigenvalue weighted by atomic mass is 9.95. The van der Waals surface area contributed by atoms with Gasteiger partial charge in [-0.2, -0.15) is 0 Å². The number of methoxy groups -OCH3 is 1. The van der Waals surface area contributed by atoms with Crippen LogP contribution < -0.4 is 4.74 Å². The van der Waals surface area contributed by atoms with Gasteiger partial charge in [0.15, 0.2) is 0 Å². The first-order valence-corrected chi connectivity index (χ1v) is 8.09. The van der Waals surface area contributed by atoms with Gasteiger partial charge in [-0.15, -0.1) is 0 Å². The summed E-state index contributed by atoms with van der Waals surface area (Å²) >= 11 is 5.75. The standard InChI is InChI=1S/C16H16BrIO2/c1-9-6-10(2)15(14(7-9)20-3)16(19)12-8-11(18)4-5-13(12)17/h4-8,16,19H,1-3H3. The van der Waals surface area contributed by atoms with Crippen molar-refractivity contribution in [1.82, 2.24) is 0 Å². The van der Waals surface area contributed by atoms with E-state index in [1.54, 1.807) is 7.11 Å². The minimum Gasteiger partial charge on any atom is -0.496 e. The number of rotatable bonds is 3. The van der Waals surface area contributed by atoms with Gasteiger partial charge < -0.3 is 9.84 Å². The molecule has 1 unspecified atom stereocenters. The van der Waals surface area contributed by atoms with Crippen molar-refractivity contribution in [2.75, 3.05) is 7.11 Å². The quantitative estimate of drug-likeness (QED) is 0.688. The van der Waals surface area contributed by atoms with Crippen LogP contribution in [0.2, 0.25) is 0 Å². The van der Waals surface area contributed by atoms with Gasteiger partial charge in [-0.05, 0) is 71.8 Å². The third-order valence-electron chi connectivity index (χ3n) is 3.24. The highest BCUT2D eigenvalue weighted by Crippen LogP contribution is 2.37. The van der Waals surface area contributed by atoms with E-state index >= 15 is 0 Å². The number of hydrogen-bond donors (Lipinski definition) is 1. The van der Waals surface area contributed by atoms with Gasteiger partial charge in [0.05, 0.1) is 7.11 Å². The zero-order valence-electron chi connectivity index (χ0n) is 11.6. The summed E-state index contributed by atoms with van der Waals surface area (Å²) in [5.74, 6) is 0.723. The minimum atomic E-state index is -0.713. The summed E-state index contributed by atoms with van der Waals surface area (Å²) < 4.78 is 7.42. The van der Waals surface area contributed by atoms with Crippen LogP contribution in [0, 0.1) is 17.4 Å². The van der Waals surface area contributed by atoms with Crippen molar-refractivity contribution in [2.24, 2.45) is 0 Å². The van der Waals surface area contributed by atoms with Crippen molar-refractivity contribution in [3.63, 3.8) is 0 Å². The number of halogens is 2. The summed E-state index contributed by atoms with van der Waals surface area (Å²) in [6.07, 6.45) is -0.713. The zero-order chi connectivity index (χ0) is 14.9. The second-order valence-corrected chi connectivity index (χ2v) is 6.87. The maximum absolute atomic E-state index is 10.8. The number of aliphatic hydroxyl groups excluding tert-OH is 1. The molecule has 4 heteroatoms. The number of hydrogen-bond acceptors (Lipinski definition) is 2. The second-order valence-electron chi connectivity index (χ2n) is 4.77. The van der Waals surface area contributed by atoms with E-state index in [4.69, 9.17) is 4.74 Å². The Labute approximate surface area is 141 Å². The molecule has 1 N–H and O–H groups in total. The van der Waals surface area contributed by atoms with E-state index in [0.29, 0.717) is 0 Å². The van der Waals surface area contributed by atoms with E-state index in [1.807, 2.05) is 38.1 Å². The molecule has 0 amide bonds. The topological polar surface area (TPSA) is 29.5 Å². The van der Waals surface area contributed by atoms with Crippen molar-refractivity contribution in [1.29, 1.82) is 0 Å². The van der Waals surface area contributed by atoms with Crippen molar-refractivity contribution < 1.29 is 9.84 Å². The molecule has 0 aliphatic carbocycles. The summed E-state index contributed by atoms with van der Waals surface area (Å²) in [5.41, 5.74) is 3.82. The van der Waals surface area contributed by atoms with Gasteiger partial charge >= 0.3 is 0 Å². The molecule has 0 aromatic heterocycles. The summed E-state index contributed by atoms with van der Waals surface area (Å²) in [6, 6.07) is 9.95. The molecular weight excluding hydrogens is 431 g/mol. The van der Waals surface area contributed by atoms with Crippen LogP contribution >= 0.6 is 38.5 Å². The Bertz CT molecular complexity index is 641. The number of ether oxygens (including phenoxy) is 1.